The van der Waals surface area contributed by atoms with Gasteiger partial charge in [0.1, 0.15) is 0 Å². The Balaban J connectivity index is 2.09. The number of carbonyl (C=O) groups is 2. The predicted molar refractivity (Wildman–Crippen MR) is 87.1 cm³/mol. The molecule has 1 aliphatic heterocycles. The van der Waals surface area contributed by atoms with E-state index in [1.807, 2.05) is 25.5 Å². The SMILES string of the molecule is Cc1nn(CC(C)C)c(C)c1CC(=O)N1C[C@@H](C)[C@H](C(=O)O)C1. The summed E-state index contributed by atoms with van der Waals surface area (Å²) in [6, 6.07) is 0. The molecule has 128 valence electrons. The molecule has 0 radical (unpaired) electrons. The Bertz CT molecular complexity index is 606. The van der Waals surface area contributed by atoms with Crippen molar-refractivity contribution in [3.8, 4) is 0 Å². The number of carboxylic acids is 1. The third kappa shape index (κ3) is 3.74. The second kappa shape index (κ2) is 6.72. The van der Waals surface area contributed by atoms with Gasteiger partial charge in [0.25, 0.3) is 0 Å². The van der Waals surface area contributed by atoms with E-state index in [0.717, 1.165) is 23.5 Å². The quantitative estimate of drug-likeness (QED) is 0.898. The van der Waals surface area contributed by atoms with E-state index in [1.165, 1.54) is 0 Å². The molecule has 1 saturated heterocycles. The number of carboxylic acid groups (broad SMARTS) is 1. The number of rotatable bonds is 5. The second-order valence-electron chi connectivity index (χ2n) is 7.12. The molecule has 2 atom stereocenters. The highest BCUT2D eigenvalue weighted by Gasteiger charge is 2.37. The Morgan fingerprint density at radius 3 is 2.48 bits per heavy atom. The Morgan fingerprint density at radius 1 is 1.30 bits per heavy atom. The van der Waals surface area contributed by atoms with Crippen LogP contribution >= 0.6 is 0 Å². The number of aryl methyl sites for hydroxylation is 1. The summed E-state index contributed by atoms with van der Waals surface area (Å²) >= 11 is 0. The van der Waals surface area contributed by atoms with Crippen LogP contribution < -0.4 is 0 Å². The zero-order chi connectivity index (χ0) is 17.3. The third-order valence-electron chi connectivity index (χ3n) is 4.68. The van der Waals surface area contributed by atoms with Crippen LogP contribution in [0, 0.1) is 31.6 Å². The normalized spacial score (nSPS) is 21.2. The van der Waals surface area contributed by atoms with Gasteiger partial charge < -0.3 is 10.0 Å². The number of nitrogens with zero attached hydrogens (tertiary/aromatic N) is 3. The molecular formula is C17H27N3O3. The highest BCUT2D eigenvalue weighted by Crippen LogP contribution is 2.24. The first-order chi connectivity index (χ1) is 10.7. The van der Waals surface area contributed by atoms with Gasteiger partial charge in [-0.1, -0.05) is 20.8 Å². The predicted octanol–water partition coefficient (Wildman–Crippen LogP) is 1.88. The van der Waals surface area contributed by atoms with Crippen molar-refractivity contribution in [3.63, 3.8) is 0 Å². The zero-order valence-electron chi connectivity index (χ0n) is 14.7. The van der Waals surface area contributed by atoms with Gasteiger partial charge in [0, 0.05) is 30.9 Å². The Labute approximate surface area is 137 Å². The molecule has 6 nitrogen and oxygen atoms in total. The Morgan fingerprint density at radius 2 is 1.96 bits per heavy atom. The fourth-order valence-electron chi connectivity index (χ4n) is 3.27. The van der Waals surface area contributed by atoms with Gasteiger partial charge in [-0.3, -0.25) is 14.3 Å². The molecule has 1 amide bonds. The topological polar surface area (TPSA) is 75.4 Å². The summed E-state index contributed by atoms with van der Waals surface area (Å²) in [5.41, 5.74) is 2.90. The van der Waals surface area contributed by atoms with Crippen molar-refractivity contribution in [3.05, 3.63) is 17.0 Å². The average Bonchev–Trinajstić information content (AvgIpc) is 2.94. The molecule has 1 aromatic heterocycles. The van der Waals surface area contributed by atoms with Gasteiger partial charge in [0.2, 0.25) is 5.91 Å². The lowest BCUT2D eigenvalue weighted by Crippen LogP contribution is -2.31. The Hall–Kier alpha value is -1.85. The molecule has 0 saturated carbocycles. The van der Waals surface area contributed by atoms with Crippen molar-refractivity contribution in [1.82, 2.24) is 14.7 Å². The van der Waals surface area contributed by atoms with Crippen molar-refractivity contribution >= 4 is 11.9 Å². The highest BCUT2D eigenvalue weighted by molar-refractivity contribution is 5.81. The molecular weight excluding hydrogens is 294 g/mol. The molecule has 0 aliphatic carbocycles. The van der Waals surface area contributed by atoms with Crippen LogP contribution in [0.4, 0.5) is 0 Å². The lowest BCUT2D eigenvalue weighted by Gasteiger charge is -2.16. The minimum Gasteiger partial charge on any atom is -0.481 e. The maximum absolute atomic E-state index is 12.6. The first kappa shape index (κ1) is 17.5. The number of aliphatic carboxylic acids is 1. The summed E-state index contributed by atoms with van der Waals surface area (Å²) < 4.78 is 1.97. The molecule has 2 rings (SSSR count). The van der Waals surface area contributed by atoms with Crippen LogP contribution in [0.1, 0.15) is 37.7 Å². The lowest BCUT2D eigenvalue weighted by atomic mass is 9.99. The number of hydrogen-bond acceptors (Lipinski definition) is 3. The van der Waals surface area contributed by atoms with Crippen LogP contribution in [0.5, 0.6) is 0 Å². The van der Waals surface area contributed by atoms with Crippen LogP contribution in [0.3, 0.4) is 0 Å². The zero-order valence-corrected chi connectivity index (χ0v) is 14.7. The van der Waals surface area contributed by atoms with Crippen LogP contribution in [-0.4, -0.2) is 44.8 Å². The first-order valence-corrected chi connectivity index (χ1v) is 8.24. The smallest absolute Gasteiger partial charge is 0.308 e. The second-order valence-corrected chi connectivity index (χ2v) is 7.12. The molecule has 6 heteroatoms. The van der Waals surface area contributed by atoms with Crippen molar-refractivity contribution in [2.75, 3.05) is 13.1 Å². The summed E-state index contributed by atoms with van der Waals surface area (Å²) in [7, 11) is 0. The Kier molecular flexibility index (Phi) is 5.12. The fraction of sp³-hybridized carbons (Fsp3) is 0.706. The molecule has 1 fully saturated rings. The van der Waals surface area contributed by atoms with Crippen LogP contribution in [0.15, 0.2) is 0 Å². The van der Waals surface area contributed by atoms with E-state index in [1.54, 1.807) is 4.90 Å². The molecule has 23 heavy (non-hydrogen) atoms. The molecule has 0 spiro atoms. The van der Waals surface area contributed by atoms with E-state index in [9.17, 15) is 14.7 Å². The molecule has 0 bridgehead atoms. The minimum absolute atomic E-state index is 0.00214. The van der Waals surface area contributed by atoms with Crippen molar-refractivity contribution in [2.24, 2.45) is 17.8 Å². The monoisotopic (exact) mass is 321 g/mol. The minimum atomic E-state index is -0.815. The summed E-state index contributed by atoms with van der Waals surface area (Å²) in [5, 5.41) is 13.7. The maximum atomic E-state index is 12.6. The summed E-state index contributed by atoms with van der Waals surface area (Å²) in [4.78, 5) is 25.4. The van der Waals surface area contributed by atoms with E-state index < -0.39 is 11.9 Å². The molecule has 1 aromatic rings. The van der Waals surface area contributed by atoms with Crippen molar-refractivity contribution < 1.29 is 14.7 Å². The standard InChI is InChI=1S/C17H27N3O3/c1-10(2)7-20-13(5)14(12(4)18-20)6-16(21)19-8-11(3)15(9-19)17(22)23/h10-11,15H,6-9H2,1-5H3,(H,22,23)/t11-,15-/m1/s1. The summed E-state index contributed by atoms with van der Waals surface area (Å²) in [5.74, 6) is -0.778. The van der Waals surface area contributed by atoms with Gasteiger partial charge >= 0.3 is 5.97 Å². The van der Waals surface area contributed by atoms with Gasteiger partial charge in [-0.15, -0.1) is 0 Å². The molecule has 0 aromatic carbocycles. The molecule has 1 N–H and O–H groups in total. The van der Waals surface area contributed by atoms with Crippen LogP contribution in [0.25, 0.3) is 0 Å². The van der Waals surface area contributed by atoms with Crippen LogP contribution in [0.2, 0.25) is 0 Å². The number of likely N-dealkylation sites (tertiary alicyclic amines) is 1. The average molecular weight is 321 g/mol. The van der Waals surface area contributed by atoms with E-state index in [0.29, 0.717) is 25.4 Å². The van der Waals surface area contributed by atoms with Crippen molar-refractivity contribution in [1.29, 1.82) is 0 Å². The van der Waals surface area contributed by atoms with E-state index in [4.69, 9.17) is 0 Å². The highest BCUT2D eigenvalue weighted by atomic mass is 16.4. The maximum Gasteiger partial charge on any atom is 0.308 e. The van der Waals surface area contributed by atoms with E-state index in [-0.39, 0.29) is 11.8 Å². The van der Waals surface area contributed by atoms with Gasteiger partial charge in [0.15, 0.2) is 0 Å². The molecule has 0 unspecified atom stereocenters. The number of hydrogen-bond donors (Lipinski definition) is 1. The third-order valence-corrected chi connectivity index (χ3v) is 4.68. The van der Waals surface area contributed by atoms with Gasteiger partial charge in [-0.05, 0) is 25.7 Å². The number of amides is 1. The summed E-state index contributed by atoms with van der Waals surface area (Å²) in [6.07, 6.45) is 0.300. The van der Waals surface area contributed by atoms with E-state index >= 15 is 0 Å². The summed E-state index contributed by atoms with van der Waals surface area (Å²) in [6.45, 7) is 11.8. The van der Waals surface area contributed by atoms with Crippen molar-refractivity contribution in [2.45, 2.75) is 47.6 Å². The van der Waals surface area contributed by atoms with Gasteiger partial charge in [-0.2, -0.15) is 5.10 Å². The fourth-order valence-corrected chi connectivity index (χ4v) is 3.27. The number of carbonyl (C=O) groups excluding carboxylic acids is 1. The largest absolute Gasteiger partial charge is 0.481 e. The lowest BCUT2D eigenvalue weighted by molar-refractivity contribution is -0.142. The van der Waals surface area contributed by atoms with Gasteiger partial charge in [-0.25, -0.2) is 0 Å². The van der Waals surface area contributed by atoms with Gasteiger partial charge in [0.05, 0.1) is 18.0 Å². The molecule has 2 heterocycles. The molecule has 1 aliphatic rings. The van der Waals surface area contributed by atoms with Crippen LogP contribution in [-0.2, 0) is 22.6 Å². The first-order valence-electron chi connectivity index (χ1n) is 8.24. The van der Waals surface area contributed by atoms with E-state index in [2.05, 4.69) is 18.9 Å². The number of aromatic nitrogens is 2.